The first-order valence-electron chi connectivity index (χ1n) is 7.34. The van der Waals surface area contributed by atoms with Crippen LogP contribution in [0, 0.1) is 0 Å². The third kappa shape index (κ3) is 2.23. The molecule has 4 rings (SSSR count). The maximum atomic E-state index is 12.6. The molecule has 0 bridgehead atoms. The Balaban J connectivity index is 1.50. The number of amides is 2. The van der Waals surface area contributed by atoms with E-state index in [1.165, 1.54) is 11.3 Å². The predicted octanol–water partition coefficient (Wildman–Crippen LogP) is 1.50. The standard InChI is InChI=1S/C14H16N4O3S/c19-11(10-8-18-6-7-22-12(18)16-10)17-4-1-2-14(3-5-17)9-15-13(20)21-14/h6-8H,1-5,9H2,(H,15,20)/t14-/m1/s1. The summed E-state index contributed by atoms with van der Waals surface area (Å²) >= 11 is 1.51. The van der Waals surface area contributed by atoms with Crippen molar-refractivity contribution in [1.82, 2.24) is 19.6 Å². The Labute approximate surface area is 130 Å². The number of hydrogen-bond acceptors (Lipinski definition) is 5. The lowest BCUT2D eigenvalue weighted by atomic mass is 9.95. The van der Waals surface area contributed by atoms with Gasteiger partial charge in [-0.1, -0.05) is 0 Å². The Kier molecular flexibility index (Phi) is 3.07. The number of thiazole rings is 1. The third-order valence-corrected chi connectivity index (χ3v) is 5.13. The molecule has 2 aromatic rings. The first-order valence-corrected chi connectivity index (χ1v) is 8.22. The SMILES string of the molecule is O=C1NC[C@]2(CCCN(C(=O)c3cn4ccsc4n3)CC2)O1. The predicted molar refractivity (Wildman–Crippen MR) is 80.0 cm³/mol. The van der Waals surface area contributed by atoms with E-state index in [2.05, 4.69) is 10.3 Å². The van der Waals surface area contributed by atoms with E-state index in [1.54, 1.807) is 6.20 Å². The number of alkyl carbamates (subject to hydrolysis) is 1. The third-order valence-electron chi connectivity index (χ3n) is 4.36. The monoisotopic (exact) mass is 320 g/mol. The Hall–Kier alpha value is -2.09. The van der Waals surface area contributed by atoms with Crippen LogP contribution in [0.2, 0.25) is 0 Å². The summed E-state index contributed by atoms with van der Waals surface area (Å²) in [6.07, 6.45) is 5.59. The summed E-state index contributed by atoms with van der Waals surface area (Å²) in [5.74, 6) is -0.0507. The van der Waals surface area contributed by atoms with Crippen molar-refractivity contribution in [2.75, 3.05) is 19.6 Å². The Morgan fingerprint density at radius 3 is 3.09 bits per heavy atom. The summed E-state index contributed by atoms with van der Waals surface area (Å²) in [5, 5.41) is 4.66. The fourth-order valence-corrected chi connectivity index (χ4v) is 3.84. The topological polar surface area (TPSA) is 75.9 Å². The van der Waals surface area contributed by atoms with Crippen molar-refractivity contribution in [1.29, 1.82) is 0 Å². The normalized spacial score (nSPS) is 25.3. The van der Waals surface area contributed by atoms with Crippen LogP contribution in [0.5, 0.6) is 0 Å². The fourth-order valence-electron chi connectivity index (χ4n) is 3.14. The zero-order chi connectivity index (χ0) is 15.2. The minimum Gasteiger partial charge on any atom is -0.441 e. The molecule has 0 radical (unpaired) electrons. The summed E-state index contributed by atoms with van der Waals surface area (Å²) in [6.45, 7) is 1.79. The molecule has 1 spiro atoms. The number of imidazole rings is 1. The molecule has 7 nitrogen and oxygen atoms in total. The minimum atomic E-state index is -0.444. The van der Waals surface area contributed by atoms with Gasteiger partial charge >= 0.3 is 6.09 Å². The second-order valence-corrected chi connectivity index (χ2v) is 6.66. The number of nitrogens with zero attached hydrogens (tertiary/aromatic N) is 3. The molecule has 1 N–H and O–H groups in total. The van der Waals surface area contributed by atoms with Crippen LogP contribution in [-0.2, 0) is 4.74 Å². The largest absolute Gasteiger partial charge is 0.441 e. The van der Waals surface area contributed by atoms with Crippen LogP contribution in [-0.4, -0.2) is 51.5 Å². The van der Waals surface area contributed by atoms with Gasteiger partial charge in [-0.25, -0.2) is 9.78 Å². The molecular formula is C14H16N4O3S. The highest BCUT2D eigenvalue weighted by Crippen LogP contribution is 2.29. The van der Waals surface area contributed by atoms with E-state index in [0.717, 1.165) is 17.8 Å². The molecule has 0 aliphatic carbocycles. The van der Waals surface area contributed by atoms with E-state index in [-0.39, 0.29) is 12.0 Å². The van der Waals surface area contributed by atoms with Crippen molar-refractivity contribution >= 4 is 28.3 Å². The number of nitrogens with one attached hydrogen (secondary N) is 1. The lowest BCUT2D eigenvalue weighted by Gasteiger charge is -2.24. The van der Waals surface area contributed by atoms with Gasteiger partial charge in [0, 0.05) is 37.3 Å². The average Bonchev–Trinajstić information content (AvgIpc) is 3.13. The number of rotatable bonds is 1. The van der Waals surface area contributed by atoms with Crippen molar-refractivity contribution in [3.05, 3.63) is 23.5 Å². The summed E-state index contributed by atoms with van der Waals surface area (Å²) in [4.78, 5) is 30.9. The summed E-state index contributed by atoms with van der Waals surface area (Å²) in [5.41, 5.74) is 0.0325. The number of ether oxygens (including phenoxy) is 1. The van der Waals surface area contributed by atoms with Crippen molar-refractivity contribution in [3.8, 4) is 0 Å². The molecule has 2 fully saturated rings. The first kappa shape index (κ1) is 13.6. The zero-order valence-electron chi connectivity index (χ0n) is 11.9. The summed E-state index contributed by atoms with van der Waals surface area (Å²) in [6, 6.07) is 0. The van der Waals surface area contributed by atoms with E-state index in [0.29, 0.717) is 31.7 Å². The molecular weight excluding hydrogens is 304 g/mol. The Bertz CT molecular complexity index is 711. The van der Waals surface area contributed by atoms with Gasteiger partial charge in [0.15, 0.2) is 4.96 Å². The van der Waals surface area contributed by atoms with E-state index in [1.807, 2.05) is 20.9 Å². The second kappa shape index (κ2) is 4.98. The molecule has 0 unspecified atom stereocenters. The van der Waals surface area contributed by atoms with E-state index >= 15 is 0 Å². The van der Waals surface area contributed by atoms with Gasteiger partial charge in [0.2, 0.25) is 0 Å². The molecule has 2 amide bonds. The highest BCUT2D eigenvalue weighted by molar-refractivity contribution is 7.15. The first-order chi connectivity index (χ1) is 10.7. The number of carbonyl (C=O) groups excluding carboxylic acids is 2. The Morgan fingerprint density at radius 2 is 2.32 bits per heavy atom. The highest BCUT2D eigenvalue weighted by atomic mass is 32.1. The van der Waals surface area contributed by atoms with Gasteiger partial charge in [-0.05, 0) is 12.8 Å². The van der Waals surface area contributed by atoms with Crippen LogP contribution in [0.3, 0.4) is 0 Å². The Morgan fingerprint density at radius 1 is 1.41 bits per heavy atom. The van der Waals surface area contributed by atoms with Gasteiger partial charge in [0.05, 0.1) is 6.54 Å². The number of aromatic nitrogens is 2. The molecule has 8 heteroatoms. The van der Waals surface area contributed by atoms with E-state index in [9.17, 15) is 9.59 Å². The van der Waals surface area contributed by atoms with Crippen LogP contribution in [0.1, 0.15) is 29.8 Å². The minimum absolute atomic E-state index is 0.0507. The number of hydrogen-bond donors (Lipinski definition) is 1. The molecule has 0 aromatic carbocycles. The van der Waals surface area contributed by atoms with Gasteiger partial charge < -0.3 is 15.0 Å². The number of carbonyl (C=O) groups is 2. The van der Waals surface area contributed by atoms with Crippen molar-refractivity contribution in [2.45, 2.75) is 24.9 Å². The second-order valence-electron chi connectivity index (χ2n) is 5.79. The molecule has 116 valence electrons. The lowest BCUT2D eigenvalue weighted by Crippen LogP contribution is -2.36. The van der Waals surface area contributed by atoms with Crippen LogP contribution in [0.4, 0.5) is 4.79 Å². The van der Waals surface area contributed by atoms with Gasteiger partial charge in [0.1, 0.15) is 11.3 Å². The van der Waals surface area contributed by atoms with E-state index < -0.39 is 5.60 Å². The molecule has 2 aliphatic heterocycles. The van der Waals surface area contributed by atoms with Crippen molar-refractivity contribution in [2.24, 2.45) is 0 Å². The lowest BCUT2D eigenvalue weighted by molar-refractivity contribution is 0.0438. The maximum absolute atomic E-state index is 12.6. The summed E-state index contributed by atoms with van der Waals surface area (Å²) < 4.78 is 7.29. The molecule has 2 aromatic heterocycles. The molecule has 4 heterocycles. The molecule has 22 heavy (non-hydrogen) atoms. The molecule has 2 saturated heterocycles. The highest BCUT2D eigenvalue weighted by Gasteiger charge is 2.42. The van der Waals surface area contributed by atoms with Crippen LogP contribution in [0.25, 0.3) is 4.96 Å². The summed E-state index contributed by atoms with van der Waals surface area (Å²) in [7, 11) is 0. The quantitative estimate of drug-likeness (QED) is 0.864. The fraction of sp³-hybridized carbons (Fsp3) is 0.500. The van der Waals surface area contributed by atoms with Crippen molar-refractivity contribution in [3.63, 3.8) is 0 Å². The molecule has 2 aliphatic rings. The van der Waals surface area contributed by atoms with Crippen LogP contribution >= 0.6 is 11.3 Å². The van der Waals surface area contributed by atoms with Gasteiger partial charge in [0.25, 0.3) is 5.91 Å². The number of fused-ring (bicyclic) bond motifs is 1. The van der Waals surface area contributed by atoms with Gasteiger partial charge in [-0.2, -0.15) is 0 Å². The smallest absolute Gasteiger partial charge is 0.407 e. The number of likely N-dealkylation sites (tertiary alicyclic amines) is 1. The van der Waals surface area contributed by atoms with Crippen LogP contribution in [0.15, 0.2) is 17.8 Å². The van der Waals surface area contributed by atoms with E-state index in [4.69, 9.17) is 4.74 Å². The van der Waals surface area contributed by atoms with Gasteiger partial charge in [-0.3, -0.25) is 9.20 Å². The van der Waals surface area contributed by atoms with Gasteiger partial charge in [-0.15, -0.1) is 11.3 Å². The van der Waals surface area contributed by atoms with Crippen LogP contribution < -0.4 is 5.32 Å². The average molecular weight is 320 g/mol. The maximum Gasteiger partial charge on any atom is 0.407 e. The molecule has 0 saturated carbocycles. The zero-order valence-corrected chi connectivity index (χ0v) is 12.8. The molecule has 1 atom stereocenters. The van der Waals surface area contributed by atoms with Crippen molar-refractivity contribution < 1.29 is 14.3 Å².